The molecular weight excluding hydrogens is 392 g/mol. The van der Waals surface area contributed by atoms with Crippen LogP contribution in [0.15, 0.2) is 23.1 Å². The fraction of sp³-hybridized carbons (Fsp3) is 0.400. The standard InChI is InChI=1S/C20H22N4O4S/c1-27-14-9-8-12-10-21-24(19(26)17(12)18(14)28-2)11-16(25)23-20-22-13-6-4-3-5-7-15(13)29-20/h8-10H,3-7,11H2,1-2H3,(H,22,23,25). The second-order valence-corrected chi connectivity index (χ2v) is 7.95. The minimum atomic E-state index is -0.414. The van der Waals surface area contributed by atoms with E-state index >= 15 is 0 Å². The molecule has 29 heavy (non-hydrogen) atoms. The van der Waals surface area contributed by atoms with Crippen molar-refractivity contribution < 1.29 is 14.3 Å². The van der Waals surface area contributed by atoms with E-state index in [1.54, 1.807) is 12.1 Å². The highest BCUT2D eigenvalue weighted by Crippen LogP contribution is 2.33. The monoisotopic (exact) mass is 414 g/mol. The van der Waals surface area contributed by atoms with Crippen molar-refractivity contribution in [3.8, 4) is 11.5 Å². The zero-order valence-corrected chi connectivity index (χ0v) is 17.2. The lowest BCUT2D eigenvalue weighted by molar-refractivity contribution is -0.117. The van der Waals surface area contributed by atoms with E-state index in [4.69, 9.17) is 9.47 Å². The van der Waals surface area contributed by atoms with Crippen LogP contribution in [0.3, 0.4) is 0 Å². The van der Waals surface area contributed by atoms with Gasteiger partial charge in [-0.25, -0.2) is 9.67 Å². The predicted molar refractivity (Wildman–Crippen MR) is 111 cm³/mol. The molecule has 1 aliphatic carbocycles. The highest BCUT2D eigenvalue weighted by Gasteiger charge is 2.18. The van der Waals surface area contributed by atoms with Crippen molar-refractivity contribution in [2.75, 3.05) is 19.5 Å². The smallest absolute Gasteiger partial charge is 0.279 e. The summed E-state index contributed by atoms with van der Waals surface area (Å²) < 4.78 is 11.8. The molecule has 0 fully saturated rings. The molecule has 3 aromatic rings. The second kappa shape index (κ2) is 8.20. The molecule has 0 unspecified atom stereocenters. The average Bonchev–Trinajstić information content (AvgIpc) is 2.96. The van der Waals surface area contributed by atoms with E-state index in [1.165, 1.54) is 43.1 Å². The van der Waals surface area contributed by atoms with Gasteiger partial charge < -0.3 is 14.8 Å². The summed E-state index contributed by atoms with van der Waals surface area (Å²) >= 11 is 1.52. The van der Waals surface area contributed by atoms with E-state index < -0.39 is 5.56 Å². The van der Waals surface area contributed by atoms with Crippen LogP contribution in [0.5, 0.6) is 11.5 Å². The lowest BCUT2D eigenvalue weighted by Gasteiger charge is -2.11. The average molecular weight is 414 g/mol. The molecule has 0 saturated heterocycles. The number of rotatable bonds is 5. The number of carbonyl (C=O) groups is 1. The van der Waals surface area contributed by atoms with Crippen molar-refractivity contribution in [2.45, 2.75) is 38.6 Å². The fourth-order valence-electron chi connectivity index (χ4n) is 3.57. The number of hydrogen-bond acceptors (Lipinski definition) is 7. The molecule has 0 radical (unpaired) electrons. The maximum atomic E-state index is 12.9. The Morgan fingerprint density at radius 2 is 2.03 bits per heavy atom. The molecule has 0 spiro atoms. The number of ether oxygens (including phenoxy) is 2. The third-order valence-corrected chi connectivity index (χ3v) is 6.07. The second-order valence-electron chi connectivity index (χ2n) is 6.87. The van der Waals surface area contributed by atoms with Crippen LogP contribution >= 0.6 is 11.3 Å². The van der Waals surface area contributed by atoms with Crippen molar-refractivity contribution >= 4 is 33.1 Å². The van der Waals surface area contributed by atoms with Gasteiger partial charge >= 0.3 is 0 Å². The number of thiazole rings is 1. The lowest BCUT2D eigenvalue weighted by atomic mass is 10.1. The van der Waals surface area contributed by atoms with Crippen LogP contribution in [-0.2, 0) is 24.2 Å². The SMILES string of the molecule is COc1ccc2cnn(CC(=O)Nc3nc4c(s3)CCCCC4)c(=O)c2c1OC. The topological polar surface area (TPSA) is 95.3 Å². The first-order chi connectivity index (χ1) is 14.1. The molecule has 152 valence electrons. The van der Waals surface area contributed by atoms with Gasteiger partial charge in [0.2, 0.25) is 5.91 Å². The van der Waals surface area contributed by atoms with Gasteiger partial charge in [0.05, 0.1) is 31.5 Å². The summed E-state index contributed by atoms with van der Waals surface area (Å²) in [6.07, 6.45) is 7.01. The van der Waals surface area contributed by atoms with E-state index in [2.05, 4.69) is 15.4 Å². The summed E-state index contributed by atoms with van der Waals surface area (Å²) in [6.45, 7) is -0.209. The Morgan fingerprint density at radius 1 is 1.21 bits per heavy atom. The summed E-state index contributed by atoms with van der Waals surface area (Å²) in [5.41, 5.74) is 0.670. The van der Waals surface area contributed by atoms with Gasteiger partial charge in [0.15, 0.2) is 16.6 Å². The summed E-state index contributed by atoms with van der Waals surface area (Å²) in [6, 6.07) is 3.45. The normalized spacial score (nSPS) is 13.6. The summed E-state index contributed by atoms with van der Waals surface area (Å²) in [7, 11) is 2.98. The predicted octanol–water partition coefficient (Wildman–Crippen LogP) is 2.78. The summed E-state index contributed by atoms with van der Waals surface area (Å²) in [5.74, 6) is 0.434. The minimum Gasteiger partial charge on any atom is -0.493 e. The molecule has 0 aliphatic heterocycles. The number of methoxy groups -OCH3 is 2. The van der Waals surface area contributed by atoms with Crippen molar-refractivity contribution in [2.24, 2.45) is 0 Å². The van der Waals surface area contributed by atoms with E-state index in [0.29, 0.717) is 27.4 Å². The highest BCUT2D eigenvalue weighted by molar-refractivity contribution is 7.15. The molecule has 2 aromatic heterocycles. The Hall–Kier alpha value is -2.94. The first kappa shape index (κ1) is 19.4. The molecular formula is C20H22N4O4S. The minimum absolute atomic E-state index is 0.209. The van der Waals surface area contributed by atoms with E-state index in [0.717, 1.165) is 36.1 Å². The number of aryl methyl sites for hydroxylation is 2. The van der Waals surface area contributed by atoms with Crippen molar-refractivity contribution in [1.82, 2.24) is 14.8 Å². The molecule has 1 amide bonds. The summed E-state index contributed by atoms with van der Waals surface area (Å²) in [5, 5.41) is 8.46. The Kier molecular flexibility index (Phi) is 5.48. The number of benzene rings is 1. The van der Waals surface area contributed by atoms with Gasteiger partial charge in [-0.1, -0.05) is 6.42 Å². The number of carbonyl (C=O) groups excluding carboxylic acids is 1. The molecule has 0 bridgehead atoms. The highest BCUT2D eigenvalue weighted by atomic mass is 32.1. The third kappa shape index (κ3) is 3.82. The fourth-order valence-corrected chi connectivity index (χ4v) is 4.64. The molecule has 2 heterocycles. The number of aromatic nitrogens is 3. The maximum absolute atomic E-state index is 12.9. The number of fused-ring (bicyclic) bond motifs is 2. The Bertz CT molecular complexity index is 1100. The molecule has 1 N–H and O–H groups in total. The summed E-state index contributed by atoms with van der Waals surface area (Å²) in [4.78, 5) is 31.3. The number of anilines is 1. The first-order valence-electron chi connectivity index (χ1n) is 9.50. The van der Waals surface area contributed by atoms with Crippen LogP contribution in [0.25, 0.3) is 10.8 Å². The zero-order valence-electron chi connectivity index (χ0n) is 16.4. The van der Waals surface area contributed by atoms with Crippen molar-refractivity contribution in [3.05, 3.63) is 39.3 Å². The van der Waals surface area contributed by atoms with Crippen LogP contribution in [0.4, 0.5) is 5.13 Å². The van der Waals surface area contributed by atoms with Gasteiger partial charge in [-0.2, -0.15) is 5.10 Å². The molecule has 9 heteroatoms. The third-order valence-electron chi connectivity index (χ3n) is 5.00. The van der Waals surface area contributed by atoms with Crippen LogP contribution < -0.4 is 20.3 Å². The van der Waals surface area contributed by atoms with Crippen molar-refractivity contribution in [1.29, 1.82) is 0 Å². The number of amides is 1. The van der Waals surface area contributed by atoms with Gasteiger partial charge in [0, 0.05) is 10.3 Å². The number of hydrogen-bond donors (Lipinski definition) is 1. The van der Waals surface area contributed by atoms with Crippen LogP contribution in [-0.4, -0.2) is 34.9 Å². The zero-order chi connectivity index (χ0) is 20.4. The van der Waals surface area contributed by atoms with Gasteiger partial charge in [-0.15, -0.1) is 11.3 Å². The Balaban J connectivity index is 1.58. The van der Waals surface area contributed by atoms with Crippen LogP contribution in [0, 0.1) is 0 Å². The van der Waals surface area contributed by atoms with Crippen LogP contribution in [0.2, 0.25) is 0 Å². The molecule has 1 aromatic carbocycles. The molecule has 0 atom stereocenters. The maximum Gasteiger partial charge on any atom is 0.279 e. The quantitative estimate of drug-likeness (QED) is 0.645. The number of nitrogens with zero attached hydrogens (tertiary/aromatic N) is 3. The van der Waals surface area contributed by atoms with Gasteiger partial charge in [0.1, 0.15) is 6.54 Å². The Morgan fingerprint density at radius 3 is 2.83 bits per heavy atom. The first-order valence-corrected chi connectivity index (χ1v) is 10.3. The van der Waals surface area contributed by atoms with Gasteiger partial charge in [-0.3, -0.25) is 9.59 Å². The van der Waals surface area contributed by atoms with Gasteiger partial charge in [-0.05, 0) is 37.8 Å². The molecule has 8 nitrogen and oxygen atoms in total. The van der Waals surface area contributed by atoms with E-state index in [9.17, 15) is 9.59 Å². The number of nitrogens with one attached hydrogen (secondary N) is 1. The molecule has 0 saturated carbocycles. The van der Waals surface area contributed by atoms with E-state index in [-0.39, 0.29) is 12.5 Å². The van der Waals surface area contributed by atoms with Gasteiger partial charge in [0.25, 0.3) is 5.56 Å². The van der Waals surface area contributed by atoms with Crippen molar-refractivity contribution in [3.63, 3.8) is 0 Å². The van der Waals surface area contributed by atoms with Crippen LogP contribution in [0.1, 0.15) is 29.8 Å². The largest absolute Gasteiger partial charge is 0.493 e. The lowest BCUT2D eigenvalue weighted by Crippen LogP contribution is -2.29. The molecule has 1 aliphatic rings. The van der Waals surface area contributed by atoms with E-state index in [1.807, 2.05) is 0 Å². The Labute approximate surface area is 171 Å². The molecule has 4 rings (SSSR count).